The van der Waals surface area contributed by atoms with Crippen molar-refractivity contribution >= 4 is 5.65 Å². The molecule has 3 heterocycles. The molecule has 0 radical (unpaired) electrons. The maximum absolute atomic E-state index is 14.0. The van der Waals surface area contributed by atoms with E-state index in [0.29, 0.717) is 22.6 Å². The van der Waals surface area contributed by atoms with Crippen molar-refractivity contribution in [2.75, 3.05) is 0 Å². The minimum Gasteiger partial charge on any atom is -0.463 e. The second-order valence-corrected chi connectivity index (χ2v) is 5.21. The summed E-state index contributed by atoms with van der Waals surface area (Å²) in [4.78, 5) is 3.66. The predicted octanol–water partition coefficient (Wildman–Crippen LogP) is 3.57. The Labute approximate surface area is 133 Å². The summed E-state index contributed by atoms with van der Waals surface area (Å²) in [5.41, 5.74) is 1.64. The summed E-state index contributed by atoms with van der Waals surface area (Å²) in [7, 11) is 0. The lowest BCUT2D eigenvalue weighted by atomic mass is 10.1. The highest BCUT2D eigenvalue weighted by molar-refractivity contribution is 5.64. The molecule has 0 aliphatic heterocycles. The first kappa shape index (κ1) is 16.2. The second-order valence-electron chi connectivity index (χ2n) is 5.21. The van der Waals surface area contributed by atoms with Crippen molar-refractivity contribution in [2.45, 2.75) is 26.1 Å². The van der Waals surface area contributed by atoms with Gasteiger partial charge in [0.05, 0.1) is 0 Å². The van der Waals surface area contributed by atoms with E-state index >= 15 is 0 Å². The fourth-order valence-corrected chi connectivity index (χ4v) is 2.08. The summed E-state index contributed by atoms with van der Waals surface area (Å²) in [6.07, 6.45) is -3.80. The lowest BCUT2D eigenvalue weighted by molar-refractivity contribution is -0.190. The van der Waals surface area contributed by atoms with E-state index in [-0.39, 0.29) is 0 Å². The molecular weight excluding hydrogens is 328 g/mol. The van der Waals surface area contributed by atoms with Gasteiger partial charge in [-0.2, -0.15) is 13.2 Å². The third-order valence-corrected chi connectivity index (χ3v) is 3.46. The Morgan fingerprint density at radius 3 is 2.58 bits per heavy atom. The Hall–Kier alpha value is -2.71. The monoisotopic (exact) mass is 340 g/mol. The van der Waals surface area contributed by atoms with Gasteiger partial charge in [0.1, 0.15) is 5.82 Å². The Kier molecular flexibility index (Phi) is 3.86. The van der Waals surface area contributed by atoms with Crippen LogP contribution < -0.4 is 4.74 Å². The highest BCUT2D eigenvalue weighted by Crippen LogP contribution is 2.28. The molecule has 0 saturated carbocycles. The molecule has 24 heavy (non-hydrogen) atoms. The first-order valence-electron chi connectivity index (χ1n) is 6.96. The molecule has 1 atom stereocenters. The Balaban J connectivity index is 1.92. The number of ether oxygens (including phenoxy) is 1. The maximum Gasteiger partial charge on any atom is 0.425 e. The van der Waals surface area contributed by atoms with Crippen molar-refractivity contribution in [3.05, 3.63) is 42.2 Å². The minimum atomic E-state index is -4.59. The molecule has 3 aromatic heterocycles. The van der Waals surface area contributed by atoms with Gasteiger partial charge in [-0.1, -0.05) is 0 Å². The first-order chi connectivity index (χ1) is 11.3. The lowest BCUT2D eigenvalue weighted by Crippen LogP contribution is -2.31. The van der Waals surface area contributed by atoms with Crippen LogP contribution in [0.3, 0.4) is 0 Å². The number of pyridine rings is 2. The highest BCUT2D eigenvalue weighted by Gasteiger charge is 2.38. The van der Waals surface area contributed by atoms with Crippen LogP contribution in [-0.2, 0) is 0 Å². The van der Waals surface area contributed by atoms with Gasteiger partial charge in [0.15, 0.2) is 17.6 Å². The molecule has 0 fully saturated rings. The number of aromatic nitrogens is 4. The molecule has 5 nitrogen and oxygen atoms in total. The van der Waals surface area contributed by atoms with Crippen molar-refractivity contribution in [3.63, 3.8) is 0 Å². The van der Waals surface area contributed by atoms with Crippen LogP contribution >= 0.6 is 0 Å². The van der Waals surface area contributed by atoms with E-state index in [0.717, 1.165) is 13.0 Å². The largest absolute Gasteiger partial charge is 0.463 e. The van der Waals surface area contributed by atoms with E-state index in [9.17, 15) is 17.6 Å². The Morgan fingerprint density at radius 2 is 1.92 bits per heavy atom. The van der Waals surface area contributed by atoms with Crippen LogP contribution in [0.4, 0.5) is 17.6 Å². The highest BCUT2D eigenvalue weighted by atomic mass is 19.4. The van der Waals surface area contributed by atoms with Gasteiger partial charge in [0.2, 0.25) is 0 Å². The number of aryl methyl sites for hydroxylation is 1. The van der Waals surface area contributed by atoms with E-state index < -0.39 is 24.0 Å². The van der Waals surface area contributed by atoms with E-state index in [2.05, 4.69) is 19.9 Å². The van der Waals surface area contributed by atoms with Gasteiger partial charge in [-0.15, -0.1) is 10.2 Å². The number of hydrogen-bond donors (Lipinski definition) is 0. The lowest BCUT2D eigenvalue weighted by Gasteiger charge is -2.17. The average molecular weight is 340 g/mol. The zero-order valence-corrected chi connectivity index (χ0v) is 12.7. The molecule has 0 aliphatic carbocycles. The topological polar surface area (TPSA) is 52.3 Å². The number of rotatable bonds is 3. The van der Waals surface area contributed by atoms with Gasteiger partial charge < -0.3 is 4.74 Å². The van der Waals surface area contributed by atoms with Crippen LogP contribution in [0.1, 0.15) is 12.7 Å². The van der Waals surface area contributed by atoms with Gasteiger partial charge in [-0.3, -0.25) is 4.40 Å². The van der Waals surface area contributed by atoms with E-state index in [1.165, 1.54) is 6.20 Å². The summed E-state index contributed by atoms with van der Waals surface area (Å²) in [5, 5.41) is 7.85. The molecule has 3 rings (SSSR count). The van der Waals surface area contributed by atoms with Crippen molar-refractivity contribution in [1.29, 1.82) is 0 Å². The number of halogens is 4. The molecular formula is C15H12F4N4O. The van der Waals surface area contributed by atoms with Crippen LogP contribution in [0, 0.1) is 12.7 Å². The number of alkyl halides is 3. The van der Waals surface area contributed by atoms with Gasteiger partial charge in [-0.25, -0.2) is 9.37 Å². The van der Waals surface area contributed by atoms with Crippen LogP contribution in [0.15, 0.2) is 30.6 Å². The molecule has 0 aromatic carbocycles. The van der Waals surface area contributed by atoms with Gasteiger partial charge in [0.25, 0.3) is 5.88 Å². The fraction of sp³-hybridized carbons (Fsp3) is 0.267. The van der Waals surface area contributed by atoms with Crippen molar-refractivity contribution in [2.24, 2.45) is 0 Å². The van der Waals surface area contributed by atoms with E-state index in [4.69, 9.17) is 0 Å². The zero-order chi connectivity index (χ0) is 17.5. The molecule has 126 valence electrons. The third-order valence-electron chi connectivity index (χ3n) is 3.46. The molecule has 0 bridgehead atoms. The standard InChI is InChI=1S/C15H12F4N4O/c1-8(15(17,18)19)24-14-12(16)5-11(6-20-14)10-3-4-13-22-21-9(2)23(13)7-10/h3-8H,1-2H3/t8-/m1/s1. The molecule has 0 spiro atoms. The van der Waals surface area contributed by atoms with Gasteiger partial charge in [0, 0.05) is 23.5 Å². The van der Waals surface area contributed by atoms with Crippen LogP contribution in [0.5, 0.6) is 5.88 Å². The van der Waals surface area contributed by atoms with Gasteiger partial charge in [-0.05, 0) is 32.0 Å². The maximum atomic E-state index is 14.0. The van der Waals surface area contributed by atoms with Crippen molar-refractivity contribution < 1.29 is 22.3 Å². The fourth-order valence-electron chi connectivity index (χ4n) is 2.08. The second kappa shape index (κ2) is 5.73. The molecule has 0 saturated heterocycles. The molecule has 0 amide bonds. The predicted molar refractivity (Wildman–Crippen MR) is 77.1 cm³/mol. The Bertz CT molecular complexity index is 891. The summed E-state index contributed by atoms with van der Waals surface area (Å²) in [6.45, 7) is 2.55. The Morgan fingerprint density at radius 1 is 1.17 bits per heavy atom. The third kappa shape index (κ3) is 3.01. The SMILES string of the molecule is Cc1nnc2ccc(-c3cnc(O[C@H](C)C(F)(F)F)c(F)c3)cn12. The minimum absolute atomic E-state index is 0.398. The van der Waals surface area contributed by atoms with E-state index in [1.807, 2.05) is 0 Å². The molecule has 0 aliphatic rings. The van der Waals surface area contributed by atoms with Crippen molar-refractivity contribution in [3.8, 4) is 17.0 Å². The summed E-state index contributed by atoms with van der Waals surface area (Å²) in [5.74, 6) is -1.01. The van der Waals surface area contributed by atoms with Crippen molar-refractivity contribution in [1.82, 2.24) is 19.6 Å². The summed E-state index contributed by atoms with van der Waals surface area (Å²) < 4.78 is 57.7. The van der Waals surface area contributed by atoms with Crippen LogP contribution in [-0.4, -0.2) is 31.9 Å². The first-order valence-corrected chi connectivity index (χ1v) is 6.96. The summed E-state index contributed by atoms with van der Waals surface area (Å²) >= 11 is 0. The average Bonchev–Trinajstić information content (AvgIpc) is 2.89. The van der Waals surface area contributed by atoms with E-state index in [1.54, 1.807) is 29.7 Å². The molecule has 9 heteroatoms. The molecule has 0 N–H and O–H groups in total. The smallest absolute Gasteiger partial charge is 0.425 e. The molecule has 0 unspecified atom stereocenters. The quantitative estimate of drug-likeness (QED) is 0.684. The number of nitrogens with zero attached hydrogens (tertiary/aromatic N) is 4. The number of fused-ring (bicyclic) bond motifs is 1. The molecule has 3 aromatic rings. The van der Waals surface area contributed by atoms with Crippen LogP contribution in [0.2, 0.25) is 0 Å². The normalized spacial score (nSPS) is 13.2. The van der Waals surface area contributed by atoms with Crippen LogP contribution in [0.25, 0.3) is 16.8 Å². The summed E-state index contributed by atoms with van der Waals surface area (Å²) in [6, 6.07) is 4.47. The van der Waals surface area contributed by atoms with Gasteiger partial charge >= 0.3 is 6.18 Å². The zero-order valence-electron chi connectivity index (χ0n) is 12.7. The number of hydrogen-bond acceptors (Lipinski definition) is 4.